The lowest BCUT2D eigenvalue weighted by atomic mass is 10.1. The summed E-state index contributed by atoms with van der Waals surface area (Å²) in [6.45, 7) is 1.14. The molecular weight excluding hydrogens is 222 g/mol. The molecule has 3 nitrogen and oxygen atoms in total. The number of hydrogen-bond acceptors (Lipinski definition) is 3. The topological polar surface area (TPSA) is 39.9 Å². The number of nitriles is 1. The molecule has 3 heteroatoms. The number of allylic oxidation sites excluding steroid dienone is 2. The Labute approximate surface area is 110 Å². The second kappa shape index (κ2) is 8.43. The van der Waals surface area contributed by atoms with E-state index in [9.17, 15) is 0 Å². The first-order valence-electron chi connectivity index (χ1n) is 6.39. The van der Waals surface area contributed by atoms with Gasteiger partial charge in [0.25, 0.3) is 0 Å². The third-order valence-electron chi connectivity index (χ3n) is 2.77. The average molecular weight is 243 g/mol. The number of aromatic nitrogens is 1. The van der Waals surface area contributed by atoms with Gasteiger partial charge in [0.1, 0.15) is 0 Å². The smallest absolute Gasteiger partial charge is 0.0994 e. The molecule has 0 spiro atoms. The first-order valence-corrected chi connectivity index (χ1v) is 6.39. The molecule has 0 unspecified atom stereocenters. The molecule has 0 aliphatic carbocycles. The van der Waals surface area contributed by atoms with E-state index >= 15 is 0 Å². The van der Waals surface area contributed by atoms with Crippen LogP contribution in [-0.2, 0) is 0 Å². The van der Waals surface area contributed by atoms with Gasteiger partial charge in [0.05, 0.1) is 11.6 Å². The normalized spacial score (nSPS) is 11.6. The van der Waals surface area contributed by atoms with Crippen LogP contribution in [0.2, 0.25) is 0 Å². The van der Waals surface area contributed by atoms with Crippen molar-refractivity contribution in [3.05, 3.63) is 36.2 Å². The van der Waals surface area contributed by atoms with E-state index in [-0.39, 0.29) is 0 Å². The van der Waals surface area contributed by atoms with E-state index in [4.69, 9.17) is 5.26 Å². The maximum absolute atomic E-state index is 9.11. The molecule has 0 radical (unpaired) electrons. The van der Waals surface area contributed by atoms with Crippen LogP contribution in [0.3, 0.4) is 0 Å². The lowest BCUT2D eigenvalue weighted by Crippen LogP contribution is -2.12. The fourth-order valence-corrected chi connectivity index (χ4v) is 1.76. The number of nitrogens with zero attached hydrogens (tertiary/aromatic N) is 3. The minimum atomic E-state index is 0.755. The van der Waals surface area contributed by atoms with Crippen LogP contribution in [0.4, 0.5) is 0 Å². The van der Waals surface area contributed by atoms with Gasteiger partial charge >= 0.3 is 0 Å². The van der Waals surface area contributed by atoms with E-state index in [2.05, 4.69) is 30.0 Å². The lowest BCUT2D eigenvalue weighted by molar-refractivity contribution is 0.392. The molecule has 1 rings (SSSR count). The third kappa shape index (κ3) is 5.60. The van der Waals surface area contributed by atoms with Gasteiger partial charge in [-0.05, 0) is 57.6 Å². The van der Waals surface area contributed by atoms with E-state index in [0.717, 1.165) is 30.5 Å². The summed E-state index contributed by atoms with van der Waals surface area (Å²) in [6, 6.07) is 6.00. The number of rotatable bonds is 7. The van der Waals surface area contributed by atoms with Crippen molar-refractivity contribution < 1.29 is 0 Å². The van der Waals surface area contributed by atoms with Crippen LogP contribution < -0.4 is 0 Å². The zero-order valence-corrected chi connectivity index (χ0v) is 11.3. The standard InChI is InChI=1S/C15H21N3/c1-18(2)12-6-4-3-5-7-15(13-16)14-8-10-17-11-9-14/h7-11H,3-6,12H2,1-2H3/b15-7-. The summed E-state index contributed by atoms with van der Waals surface area (Å²) in [7, 11) is 4.19. The van der Waals surface area contributed by atoms with Crippen LogP contribution in [0.5, 0.6) is 0 Å². The van der Waals surface area contributed by atoms with E-state index in [1.54, 1.807) is 12.4 Å². The molecule has 0 bridgehead atoms. The summed E-state index contributed by atoms with van der Waals surface area (Å²) in [6.07, 6.45) is 10.0. The Hall–Kier alpha value is -1.66. The van der Waals surface area contributed by atoms with Crippen molar-refractivity contribution in [1.82, 2.24) is 9.88 Å². The zero-order valence-electron chi connectivity index (χ0n) is 11.3. The highest BCUT2D eigenvalue weighted by molar-refractivity contribution is 5.76. The maximum Gasteiger partial charge on any atom is 0.0994 e. The van der Waals surface area contributed by atoms with Gasteiger partial charge in [0, 0.05) is 12.4 Å². The van der Waals surface area contributed by atoms with Crippen LogP contribution in [0.15, 0.2) is 30.6 Å². The minimum Gasteiger partial charge on any atom is -0.309 e. The largest absolute Gasteiger partial charge is 0.309 e. The summed E-state index contributed by atoms with van der Waals surface area (Å²) in [5, 5.41) is 9.11. The van der Waals surface area contributed by atoms with Crippen molar-refractivity contribution in [2.75, 3.05) is 20.6 Å². The third-order valence-corrected chi connectivity index (χ3v) is 2.77. The fraction of sp³-hybridized carbons (Fsp3) is 0.467. The Balaban J connectivity index is 2.34. The summed E-state index contributed by atoms with van der Waals surface area (Å²) in [4.78, 5) is 6.16. The molecular formula is C15H21N3. The fourth-order valence-electron chi connectivity index (χ4n) is 1.76. The molecule has 96 valence electrons. The van der Waals surface area contributed by atoms with Crippen LogP contribution >= 0.6 is 0 Å². The summed E-state index contributed by atoms with van der Waals surface area (Å²) < 4.78 is 0. The Morgan fingerprint density at radius 2 is 2.00 bits per heavy atom. The number of hydrogen-bond donors (Lipinski definition) is 0. The quantitative estimate of drug-likeness (QED) is 0.545. The molecule has 0 N–H and O–H groups in total. The van der Waals surface area contributed by atoms with E-state index < -0.39 is 0 Å². The molecule has 18 heavy (non-hydrogen) atoms. The van der Waals surface area contributed by atoms with Gasteiger partial charge in [-0.1, -0.05) is 12.5 Å². The second-order valence-electron chi connectivity index (χ2n) is 4.62. The molecule has 0 fully saturated rings. The Kier molecular flexibility index (Phi) is 6.75. The predicted octanol–water partition coefficient (Wildman–Crippen LogP) is 3.11. The summed E-state index contributed by atoms with van der Waals surface area (Å²) in [5.41, 5.74) is 1.71. The Morgan fingerprint density at radius 1 is 1.28 bits per heavy atom. The number of pyridine rings is 1. The molecule has 0 saturated carbocycles. The van der Waals surface area contributed by atoms with Gasteiger partial charge < -0.3 is 4.90 Å². The maximum atomic E-state index is 9.11. The molecule has 0 aliphatic rings. The second-order valence-corrected chi connectivity index (χ2v) is 4.62. The van der Waals surface area contributed by atoms with Crippen LogP contribution in [0, 0.1) is 11.3 Å². The summed E-state index contributed by atoms with van der Waals surface area (Å²) in [5.74, 6) is 0. The molecule has 0 atom stereocenters. The summed E-state index contributed by atoms with van der Waals surface area (Å²) >= 11 is 0. The molecule has 0 amide bonds. The average Bonchev–Trinajstić information content (AvgIpc) is 2.38. The molecule has 0 saturated heterocycles. The molecule has 1 heterocycles. The lowest BCUT2D eigenvalue weighted by Gasteiger charge is -2.07. The van der Waals surface area contributed by atoms with E-state index in [1.807, 2.05) is 18.2 Å². The van der Waals surface area contributed by atoms with Gasteiger partial charge in [-0.2, -0.15) is 5.26 Å². The molecule has 0 aromatic carbocycles. The first kappa shape index (κ1) is 14.4. The minimum absolute atomic E-state index is 0.755. The van der Waals surface area contributed by atoms with Crippen molar-refractivity contribution >= 4 is 5.57 Å². The zero-order chi connectivity index (χ0) is 13.2. The first-order chi connectivity index (χ1) is 8.74. The van der Waals surface area contributed by atoms with Crippen LogP contribution in [0.25, 0.3) is 5.57 Å². The number of unbranched alkanes of at least 4 members (excludes halogenated alkanes) is 3. The molecule has 0 aliphatic heterocycles. The van der Waals surface area contributed by atoms with Gasteiger partial charge in [0.2, 0.25) is 0 Å². The van der Waals surface area contributed by atoms with Crippen LogP contribution in [-0.4, -0.2) is 30.5 Å². The predicted molar refractivity (Wildman–Crippen MR) is 74.8 cm³/mol. The van der Waals surface area contributed by atoms with E-state index in [1.165, 1.54) is 12.8 Å². The van der Waals surface area contributed by atoms with E-state index in [0.29, 0.717) is 0 Å². The molecule has 1 aromatic rings. The van der Waals surface area contributed by atoms with Crippen LogP contribution in [0.1, 0.15) is 31.2 Å². The van der Waals surface area contributed by atoms with Gasteiger partial charge in [-0.3, -0.25) is 4.98 Å². The van der Waals surface area contributed by atoms with Crippen molar-refractivity contribution in [3.8, 4) is 6.07 Å². The van der Waals surface area contributed by atoms with Crippen molar-refractivity contribution in [2.24, 2.45) is 0 Å². The SMILES string of the molecule is CN(C)CCCCC/C=C(/C#N)c1ccncc1. The monoisotopic (exact) mass is 243 g/mol. The Morgan fingerprint density at radius 3 is 2.61 bits per heavy atom. The van der Waals surface area contributed by atoms with Gasteiger partial charge in [-0.15, -0.1) is 0 Å². The highest BCUT2D eigenvalue weighted by Crippen LogP contribution is 2.14. The van der Waals surface area contributed by atoms with Crippen molar-refractivity contribution in [3.63, 3.8) is 0 Å². The van der Waals surface area contributed by atoms with Crippen molar-refractivity contribution in [1.29, 1.82) is 5.26 Å². The highest BCUT2D eigenvalue weighted by Gasteiger charge is 1.98. The van der Waals surface area contributed by atoms with Crippen molar-refractivity contribution in [2.45, 2.75) is 25.7 Å². The Bertz CT molecular complexity index is 401. The molecule has 1 aromatic heterocycles. The van der Waals surface area contributed by atoms with Gasteiger partial charge in [-0.25, -0.2) is 0 Å². The highest BCUT2D eigenvalue weighted by atomic mass is 15.0. The van der Waals surface area contributed by atoms with Gasteiger partial charge in [0.15, 0.2) is 0 Å².